The normalized spacial score (nSPS) is 17.3. The Labute approximate surface area is 164 Å². The van der Waals surface area contributed by atoms with E-state index in [0.29, 0.717) is 17.0 Å². The lowest BCUT2D eigenvalue weighted by atomic mass is 9.75. The average molecular weight is 383 g/mol. The molecule has 0 unspecified atom stereocenters. The van der Waals surface area contributed by atoms with Crippen LogP contribution in [0.15, 0.2) is 30.6 Å². The second-order valence-electron chi connectivity index (χ2n) is 8.82. The van der Waals surface area contributed by atoms with Gasteiger partial charge in [0.15, 0.2) is 0 Å². The van der Waals surface area contributed by atoms with Gasteiger partial charge in [-0.15, -0.1) is 0 Å². The van der Waals surface area contributed by atoms with Crippen molar-refractivity contribution in [3.8, 4) is 11.1 Å². The Hall–Kier alpha value is -2.27. The van der Waals surface area contributed by atoms with Crippen molar-refractivity contribution in [3.05, 3.63) is 53.4 Å². The zero-order chi connectivity index (χ0) is 19.9. The first-order valence-electron chi connectivity index (χ1n) is 9.98. The van der Waals surface area contributed by atoms with Crippen molar-refractivity contribution in [1.82, 2.24) is 15.3 Å². The van der Waals surface area contributed by atoms with Crippen molar-refractivity contribution in [2.75, 3.05) is 0 Å². The number of aryl methyl sites for hydroxylation is 1. The van der Waals surface area contributed by atoms with Gasteiger partial charge in [-0.2, -0.15) is 0 Å². The van der Waals surface area contributed by atoms with Crippen LogP contribution in [0.5, 0.6) is 0 Å². The summed E-state index contributed by atoms with van der Waals surface area (Å²) in [5.74, 6) is -1.000. The smallest absolute Gasteiger partial charge is 0.131 e. The first-order valence-corrected chi connectivity index (χ1v) is 9.98. The van der Waals surface area contributed by atoms with E-state index in [1.807, 2.05) is 19.1 Å². The van der Waals surface area contributed by atoms with Crippen LogP contribution in [0.3, 0.4) is 0 Å². The summed E-state index contributed by atoms with van der Waals surface area (Å²) in [4.78, 5) is 7.30. The van der Waals surface area contributed by atoms with Crippen LogP contribution in [0.25, 0.3) is 22.2 Å². The van der Waals surface area contributed by atoms with E-state index in [0.717, 1.165) is 47.8 Å². The van der Waals surface area contributed by atoms with E-state index < -0.39 is 11.6 Å². The van der Waals surface area contributed by atoms with Gasteiger partial charge in [-0.05, 0) is 79.0 Å². The topological polar surface area (TPSA) is 40.7 Å². The number of nitrogens with zero attached hydrogens (tertiary/aromatic N) is 1. The highest BCUT2D eigenvalue weighted by Crippen LogP contribution is 2.35. The number of halogens is 2. The van der Waals surface area contributed by atoms with Crippen molar-refractivity contribution >= 4 is 11.0 Å². The third-order valence-electron chi connectivity index (χ3n) is 6.13. The predicted octanol–water partition coefficient (Wildman–Crippen LogP) is 5.87. The molecule has 148 valence electrons. The molecule has 3 aromatic rings. The Morgan fingerprint density at radius 3 is 2.46 bits per heavy atom. The molecule has 1 heterocycles. The van der Waals surface area contributed by atoms with Gasteiger partial charge < -0.3 is 10.3 Å². The lowest BCUT2D eigenvalue weighted by molar-refractivity contribution is 0.205. The minimum absolute atomic E-state index is 0.118. The number of aromatic amines is 1. The molecule has 2 N–H and O–H groups in total. The van der Waals surface area contributed by atoms with Crippen molar-refractivity contribution in [2.45, 2.75) is 59.0 Å². The third-order valence-corrected chi connectivity index (χ3v) is 6.13. The summed E-state index contributed by atoms with van der Waals surface area (Å²) in [7, 11) is 0. The lowest BCUT2D eigenvalue weighted by Gasteiger charge is -2.34. The van der Waals surface area contributed by atoms with E-state index in [1.165, 1.54) is 12.1 Å². The van der Waals surface area contributed by atoms with Gasteiger partial charge in [-0.25, -0.2) is 13.8 Å². The molecule has 1 aliphatic rings. The maximum atomic E-state index is 14.8. The van der Waals surface area contributed by atoms with Gasteiger partial charge in [-0.3, -0.25) is 0 Å². The van der Waals surface area contributed by atoms with E-state index >= 15 is 0 Å². The highest BCUT2D eigenvalue weighted by molar-refractivity contribution is 5.83. The molecule has 3 nitrogen and oxygen atoms in total. The van der Waals surface area contributed by atoms with Crippen LogP contribution in [-0.4, -0.2) is 16.0 Å². The molecule has 0 amide bonds. The summed E-state index contributed by atoms with van der Waals surface area (Å²) in [6.07, 6.45) is 6.01. The molecule has 5 heteroatoms. The molecule has 1 fully saturated rings. The van der Waals surface area contributed by atoms with Crippen LogP contribution in [0.1, 0.15) is 50.7 Å². The number of benzene rings is 2. The number of H-pyrrole nitrogens is 1. The van der Waals surface area contributed by atoms with Crippen LogP contribution in [0, 0.1) is 24.0 Å². The molecular formula is C23H27F2N3. The molecule has 0 spiro atoms. The van der Waals surface area contributed by atoms with Gasteiger partial charge >= 0.3 is 0 Å². The van der Waals surface area contributed by atoms with Crippen LogP contribution in [0.2, 0.25) is 0 Å². The maximum Gasteiger partial charge on any atom is 0.131 e. The van der Waals surface area contributed by atoms with E-state index in [4.69, 9.17) is 0 Å². The SMILES string of the molecule is Cc1cc2[nH]cnc2cc1-c1cc(F)c(CNC2CCC(C)(C)CC2)c(F)c1. The molecule has 0 bridgehead atoms. The van der Waals surface area contributed by atoms with Gasteiger partial charge in [0.1, 0.15) is 11.6 Å². The lowest BCUT2D eigenvalue weighted by Crippen LogP contribution is -2.35. The van der Waals surface area contributed by atoms with Gasteiger partial charge in [0, 0.05) is 18.2 Å². The zero-order valence-corrected chi connectivity index (χ0v) is 16.7. The van der Waals surface area contributed by atoms with Crippen molar-refractivity contribution in [3.63, 3.8) is 0 Å². The van der Waals surface area contributed by atoms with Gasteiger partial charge in [-0.1, -0.05) is 13.8 Å². The molecule has 2 aromatic carbocycles. The highest BCUT2D eigenvalue weighted by atomic mass is 19.1. The summed E-state index contributed by atoms with van der Waals surface area (Å²) < 4.78 is 29.5. The number of rotatable bonds is 4. The van der Waals surface area contributed by atoms with E-state index in [-0.39, 0.29) is 12.1 Å². The molecule has 0 saturated heterocycles. The van der Waals surface area contributed by atoms with Crippen LogP contribution in [-0.2, 0) is 6.54 Å². The number of hydrogen-bond acceptors (Lipinski definition) is 2. The molecule has 0 atom stereocenters. The van der Waals surface area contributed by atoms with E-state index in [9.17, 15) is 8.78 Å². The van der Waals surface area contributed by atoms with Crippen LogP contribution >= 0.6 is 0 Å². The Bertz CT molecular complexity index is 973. The fourth-order valence-corrected chi connectivity index (χ4v) is 4.18. The Morgan fingerprint density at radius 1 is 1.11 bits per heavy atom. The molecule has 4 rings (SSSR count). The number of nitrogens with one attached hydrogen (secondary N) is 2. The standard InChI is InChI=1S/C23H27F2N3/c1-14-8-21-22(28-13-27-21)11-17(14)15-9-19(24)18(20(25)10-15)12-26-16-4-6-23(2,3)7-5-16/h8-11,13,16,26H,4-7,12H2,1-3H3,(H,27,28). The monoisotopic (exact) mass is 383 g/mol. The minimum Gasteiger partial charge on any atom is -0.345 e. The molecule has 28 heavy (non-hydrogen) atoms. The molecule has 1 aromatic heterocycles. The second kappa shape index (κ2) is 7.28. The Kier molecular flexibility index (Phi) is 4.96. The summed E-state index contributed by atoms with van der Waals surface area (Å²) in [5.41, 5.74) is 4.49. The van der Waals surface area contributed by atoms with Crippen molar-refractivity contribution in [1.29, 1.82) is 0 Å². The van der Waals surface area contributed by atoms with Crippen LogP contribution in [0.4, 0.5) is 8.78 Å². The first-order chi connectivity index (χ1) is 13.3. The van der Waals surface area contributed by atoms with Crippen molar-refractivity contribution < 1.29 is 8.78 Å². The van der Waals surface area contributed by atoms with Crippen molar-refractivity contribution in [2.24, 2.45) is 5.41 Å². The quantitative estimate of drug-likeness (QED) is 0.591. The van der Waals surface area contributed by atoms with E-state index in [1.54, 1.807) is 6.33 Å². The maximum absolute atomic E-state index is 14.8. The molecular weight excluding hydrogens is 356 g/mol. The number of aromatic nitrogens is 2. The number of fused-ring (bicyclic) bond motifs is 1. The molecule has 0 radical (unpaired) electrons. The fourth-order valence-electron chi connectivity index (χ4n) is 4.18. The number of hydrogen-bond donors (Lipinski definition) is 2. The Morgan fingerprint density at radius 2 is 1.79 bits per heavy atom. The summed E-state index contributed by atoms with van der Waals surface area (Å²) in [5, 5.41) is 3.35. The summed E-state index contributed by atoms with van der Waals surface area (Å²) >= 11 is 0. The minimum atomic E-state index is -0.500. The first kappa shape index (κ1) is 19.1. The molecule has 1 saturated carbocycles. The fraction of sp³-hybridized carbons (Fsp3) is 0.435. The van der Waals surface area contributed by atoms with E-state index in [2.05, 4.69) is 29.1 Å². The van der Waals surface area contributed by atoms with Gasteiger partial charge in [0.2, 0.25) is 0 Å². The molecule has 0 aliphatic heterocycles. The highest BCUT2D eigenvalue weighted by Gasteiger charge is 2.26. The zero-order valence-electron chi connectivity index (χ0n) is 16.7. The average Bonchev–Trinajstić information content (AvgIpc) is 3.08. The third kappa shape index (κ3) is 3.81. The number of imidazole rings is 1. The molecule has 1 aliphatic carbocycles. The summed E-state index contributed by atoms with van der Waals surface area (Å²) in [6.45, 7) is 6.72. The predicted molar refractivity (Wildman–Crippen MR) is 109 cm³/mol. The second-order valence-corrected chi connectivity index (χ2v) is 8.82. The van der Waals surface area contributed by atoms with Gasteiger partial charge in [0.05, 0.1) is 17.4 Å². The summed E-state index contributed by atoms with van der Waals surface area (Å²) in [6, 6.07) is 7.02. The van der Waals surface area contributed by atoms with Crippen LogP contribution < -0.4 is 5.32 Å². The largest absolute Gasteiger partial charge is 0.345 e. The van der Waals surface area contributed by atoms with Gasteiger partial charge in [0.25, 0.3) is 0 Å². The Balaban J connectivity index is 1.54.